The van der Waals surface area contributed by atoms with Gasteiger partial charge in [0.1, 0.15) is 0 Å². The summed E-state index contributed by atoms with van der Waals surface area (Å²) in [4.78, 5) is 7.10. The standard InChI is InChI=1S/C15H25N3/c1-2-13-8-4-3-7-11-18(13)15(12-16)14-9-5-6-10-17-14/h5-6,9-10,13,15H,2-4,7-8,11-12,16H2,1H3. The average molecular weight is 247 g/mol. The van der Waals surface area contributed by atoms with E-state index in [-0.39, 0.29) is 6.04 Å². The maximum Gasteiger partial charge on any atom is 0.0646 e. The monoisotopic (exact) mass is 247 g/mol. The molecule has 1 aromatic rings. The Morgan fingerprint density at radius 2 is 2.28 bits per heavy atom. The van der Waals surface area contributed by atoms with Crippen LogP contribution in [-0.2, 0) is 0 Å². The number of aromatic nitrogens is 1. The van der Waals surface area contributed by atoms with E-state index in [0.29, 0.717) is 12.6 Å². The molecule has 100 valence electrons. The van der Waals surface area contributed by atoms with Gasteiger partial charge in [-0.15, -0.1) is 0 Å². The van der Waals surface area contributed by atoms with Crippen LogP contribution in [0.1, 0.15) is 50.8 Å². The van der Waals surface area contributed by atoms with Crippen LogP contribution in [0.2, 0.25) is 0 Å². The predicted octanol–water partition coefficient (Wildman–Crippen LogP) is 2.74. The van der Waals surface area contributed by atoms with Crippen LogP contribution in [-0.4, -0.2) is 29.0 Å². The van der Waals surface area contributed by atoms with Gasteiger partial charge in [0.05, 0.1) is 11.7 Å². The fourth-order valence-corrected chi connectivity index (χ4v) is 3.05. The van der Waals surface area contributed by atoms with E-state index < -0.39 is 0 Å². The molecule has 1 fully saturated rings. The number of hydrogen-bond acceptors (Lipinski definition) is 3. The highest BCUT2D eigenvalue weighted by atomic mass is 15.2. The quantitative estimate of drug-likeness (QED) is 0.889. The summed E-state index contributed by atoms with van der Waals surface area (Å²) < 4.78 is 0. The zero-order valence-corrected chi connectivity index (χ0v) is 11.4. The molecule has 1 saturated heterocycles. The van der Waals surface area contributed by atoms with Crippen molar-refractivity contribution >= 4 is 0 Å². The second-order valence-electron chi connectivity index (χ2n) is 5.16. The van der Waals surface area contributed by atoms with E-state index in [0.717, 1.165) is 12.2 Å². The molecule has 0 amide bonds. The second-order valence-corrected chi connectivity index (χ2v) is 5.16. The van der Waals surface area contributed by atoms with Crippen molar-refractivity contribution in [2.45, 2.75) is 51.1 Å². The Morgan fingerprint density at radius 3 is 2.94 bits per heavy atom. The van der Waals surface area contributed by atoms with E-state index in [4.69, 9.17) is 5.73 Å². The fraction of sp³-hybridized carbons (Fsp3) is 0.667. The lowest BCUT2D eigenvalue weighted by atomic mass is 10.0. The maximum atomic E-state index is 6.02. The average Bonchev–Trinajstić information content (AvgIpc) is 2.66. The van der Waals surface area contributed by atoms with Crippen molar-refractivity contribution in [2.24, 2.45) is 5.73 Å². The van der Waals surface area contributed by atoms with E-state index in [1.165, 1.54) is 32.1 Å². The molecule has 0 spiro atoms. The van der Waals surface area contributed by atoms with Crippen molar-refractivity contribution < 1.29 is 0 Å². The smallest absolute Gasteiger partial charge is 0.0646 e. The summed E-state index contributed by atoms with van der Waals surface area (Å²) in [6.45, 7) is 4.11. The summed E-state index contributed by atoms with van der Waals surface area (Å²) in [6, 6.07) is 7.09. The third kappa shape index (κ3) is 3.09. The van der Waals surface area contributed by atoms with Crippen molar-refractivity contribution in [3.63, 3.8) is 0 Å². The molecule has 18 heavy (non-hydrogen) atoms. The van der Waals surface area contributed by atoms with Gasteiger partial charge in [-0.25, -0.2) is 0 Å². The Kier molecular flexibility index (Phi) is 5.14. The predicted molar refractivity (Wildman–Crippen MR) is 75.3 cm³/mol. The fourth-order valence-electron chi connectivity index (χ4n) is 3.05. The zero-order chi connectivity index (χ0) is 12.8. The van der Waals surface area contributed by atoms with E-state index in [9.17, 15) is 0 Å². The SMILES string of the molecule is CCC1CCCCCN1C(CN)c1ccccn1. The normalized spacial score (nSPS) is 23.6. The van der Waals surface area contributed by atoms with Gasteiger partial charge >= 0.3 is 0 Å². The van der Waals surface area contributed by atoms with Crippen LogP contribution < -0.4 is 5.73 Å². The van der Waals surface area contributed by atoms with Crippen LogP contribution in [0.25, 0.3) is 0 Å². The first-order chi connectivity index (χ1) is 8.86. The van der Waals surface area contributed by atoms with Gasteiger partial charge in [-0.3, -0.25) is 9.88 Å². The third-order valence-electron chi connectivity index (χ3n) is 4.05. The summed E-state index contributed by atoms with van der Waals surface area (Å²) in [6.07, 6.45) is 8.39. The molecule has 3 nitrogen and oxygen atoms in total. The van der Waals surface area contributed by atoms with Crippen LogP contribution in [0, 0.1) is 0 Å². The van der Waals surface area contributed by atoms with E-state index >= 15 is 0 Å². The number of likely N-dealkylation sites (tertiary alicyclic amines) is 1. The molecule has 1 aliphatic heterocycles. The van der Waals surface area contributed by atoms with Gasteiger partial charge in [0.2, 0.25) is 0 Å². The van der Waals surface area contributed by atoms with Gasteiger partial charge in [0.15, 0.2) is 0 Å². The lowest BCUT2D eigenvalue weighted by Crippen LogP contribution is -2.41. The van der Waals surface area contributed by atoms with Gasteiger partial charge < -0.3 is 5.73 Å². The van der Waals surface area contributed by atoms with Crippen molar-refractivity contribution in [2.75, 3.05) is 13.1 Å². The number of pyridine rings is 1. The van der Waals surface area contributed by atoms with Gasteiger partial charge in [0.25, 0.3) is 0 Å². The minimum atomic E-state index is 0.286. The Labute approximate surface area is 110 Å². The van der Waals surface area contributed by atoms with E-state index in [1.54, 1.807) is 0 Å². The molecule has 3 heteroatoms. The van der Waals surface area contributed by atoms with Crippen LogP contribution in [0.3, 0.4) is 0 Å². The Bertz CT molecular complexity index is 339. The molecule has 2 unspecified atom stereocenters. The van der Waals surface area contributed by atoms with Gasteiger partial charge in [-0.1, -0.05) is 25.8 Å². The minimum Gasteiger partial charge on any atom is -0.329 e. The molecule has 0 saturated carbocycles. The Balaban J connectivity index is 2.19. The van der Waals surface area contributed by atoms with Crippen LogP contribution in [0.4, 0.5) is 0 Å². The van der Waals surface area contributed by atoms with Crippen molar-refractivity contribution in [3.05, 3.63) is 30.1 Å². The molecule has 2 rings (SSSR count). The largest absolute Gasteiger partial charge is 0.329 e. The molecule has 1 aliphatic rings. The molecule has 0 aliphatic carbocycles. The molecule has 1 aromatic heterocycles. The van der Waals surface area contributed by atoms with Crippen LogP contribution in [0.15, 0.2) is 24.4 Å². The topological polar surface area (TPSA) is 42.1 Å². The molecule has 2 heterocycles. The lowest BCUT2D eigenvalue weighted by Gasteiger charge is -2.35. The number of nitrogens with two attached hydrogens (primary N) is 1. The molecular weight excluding hydrogens is 222 g/mol. The number of rotatable bonds is 4. The highest BCUT2D eigenvalue weighted by molar-refractivity contribution is 5.10. The third-order valence-corrected chi connectivity index (χ3v) is 4.05. The van der Waals surface area contributed by atoms with Crippen LogP contribution >= 0.6 is 0 Å². The summed E-state index contributed by atoms with van der Waals surface area (Å²) >= 11 is 0. The molecule has 0 radical (unpaired) electrons. The minimum absolute atomic E-state index is 0.286. The maximum absolute atomic E-state index is 6.02. The summed E-state index contributed by atoms with van der Waals surface area (Å²) in [5.74, 6) is 0. The van der Waals surface area contributed by atoms with Crippen molar-refractivity contribution in [1.29, 1.82) is 0 Å². The highest BCUT2D eigenvalue weighted by Crippen LogP contribution is 2.27. The Morgan fingerprint density at radius 1 is 1.39 bits per heavy atom. The zero-order valence-electron chi connectivity index (χ0n) is 11.4. The molecular formula is C15H25N3. The Hall–Kier alpha value is -0.930. The number of hydrogen-bond donors (Lipinski definition) is 1. The van der Waals surface area contributed by atoms with Crippen LogP contribution in [0.5, 0.6) is 0 Å². The molecule has 2 atom stereocenters. The first-order valence-electron chi connectivity index (χ1n) is 7.23. The summed E-state index contributed by atoms with van der Waals surface area (Å²) in [5, 5.41) is 0. The summed E-state index contributed by atoms with van der Waals surface area (Å²) in [7, 11) is 0. The molecule has 0 bridgehead atoms. The molecule has 0 aromatic carbocycles. The molecule has 2 N–H and O–H groups in total. The van der Waals surface area contributed by atoms with Crippen molar-refractivity contribution in [3.8, 4) is 0 Å². The summed E-state index contributed by atoms with van der Waals surface area (Å²) in [5.41, 5.74) is 7.15. The second kappa shape index (κ2) is 6.86. The highest BCUT2D eigenvalue weighted by Gasteiger charge is 2.27. The van der Waals surface area contributed by atoms with Gasteiger partial charge in [-0.05, 0) is 37.9 Å². The first-order valence-corrected chi connectivity index (χ1v) is 7.23. The van der Waals surface area contributed by atoms with Gasteiger partial charge in [0, 0.05) is 18.8 Å². The lowest BCUT2D eigenvalue weighted by molar-refractivity contribution is 0.133. The number of nitrogens with zero attached hydrogens (tertiary/aromatic N) is 2. The first kappa shape index (κ1) is 13.5. The van der Waals surface area contributed by atoms with E-state index in [2.05, 4.69) is 28.9 Å². The van der Waals surface area contributed by atoms with Crippen molar-refractivity contribution in [1.82, 2.24) is 9.88 Å². The van der Waals surface area contributed by atoms with E-state index in [1.807, 2.05) is 12.3 Å². The van der Waals surface area contributed by atoms with Gasteiger partial charge in [-0.2, -0.15) is 0 Å².